The van der Waals surface area contributed by atoms with Crippen molar-refractivity contribution in [3.8, 4) is 22.3 Å². The van der Waals surface area contributed by atoms with Crippen LogP contribution in [0.3, 0.4) is 0 Å². The SMILES string of the molecule is CCCCc1ccc2cccc(-c3ccccc3)c2c1-c1ccccc1. The molecule has 0 spiro atoms. The molecule has 0 atom stereocenters. The molecule has 0 aliphatic rings. The molecule has 128 valence electrons. The summed E-state index contributed by atoms with van der Waals surface area (Å²) in [4.78, 5) is 0. The lowest BCUT2D eigenvalue weighted by atomic mass is 9.87. The number of hydrogen-bond donors (Lipinski definition) is 0. The van der Waals surface area contributed by atoms with Crippen LogP contribution < -0.4 is 0 Å². The number of benzene rings is 4. The second-order valence-corrected chi connectivity index (χ2v) is 6.84. The van der Waals surface area contributed by atoms with E-state index in [0.717, 1.165) is 6.42 Å². The highest BCUT2D eigenvalue weighted by Crippen LogP contribution is 2.39. The predicted molar refractivity (Wildman–Crippen MR) is 113 cm³/mol. The minimum Gasteiger partial charge on any atom is -0.0654 e. The van der Waals surface area contributed by atoms with Crippen LogP contribution >= 0.6 is 0 Å². The van der Waals surface area contributed by atoms with Crippen LogP contribution in [0.25, 0.3) is 33.0 Å². The molecule has 4 aromatic rings. The van der Waals surface area contributed by atoms with E-state index in [9.17, 15) is 0 Å². The lowest BCUT2D eigenvalue weighted by Gasteiger charge is -2.17. The average molecular weight is 336 g/mol. The monoisotopic (exact) mass is 336 g/mol. The Kier molecular flexibility index (Phi) is 4.84. The third-order valence-electron chi connectivity index (χ3n) is 5.08. The fraction of sp³-hybridized carbons (Fsp3) is 0.154. The van der Waals surface area contributed by atoms with Gasteiger partial charge in [0.15, 0.2) is 0 Å². The summed E-state index contributed by atoms with van der Waals surface area (Å²) in [7, 11) is 0. The quantitative estimate of drug-likeness (QED) is 0.353. The van der Waals surface area contributed by atoms with E-state index < -0.39 is 0 Å². The summed E-state index contributed by atoms with van der Waals surface area (Å²) in [6.45, 7) is 2.26. The zero-order chi connectivity index (χ0) is 17.8. The Bertz CT molecular complexity index is 998. The van der Waals surface area contributed by atoms with Crippen molar-refractivity contribution in [2.24, 2.45) is 0 Å². The Balaban J connectivity index is 2.05. The maximum Gasteiger partial charge on any atom is -0.00240 e. The van der Waals surface area contributed by atoms with Crippen LogP contribution in [0.15, 0.2) is 91.0 Å². The van der Waals surface area contributed by atoms with E-state index in [1.54, 1.807) is 0 Å². The van der Waals surface area contributed by atoms with E-state index in [0.29, 0.717) is 0 Å². The Labute approximate surface area is 156 Å². The summed E-state index contributed by atoms with van der Waals surface area (Å²) in [5.41, 5.74) is 6.76. The van der Waals surface area contributed by atoms with Crippen LogP contribution in [-0.4, -0.2) is 0 Å². The van der Waals surface area contributed by atoms with Crippen molar-refractivity contribution in [2.45, 2.75) is 26.2 Å². The van der Waals surface area contributed by atoms with Crippen molar-refractivity contribution in [3.63, 3.8) is 0 Å². The third-order valence-corrected chi connectivity index (χ3v) is 5.08. The minimum absolute atomic E-state index is 1.12. The first-order valence-corrected chi connectivity index (χ1v) is 9.54. The largest absolute Gasteiger partial charge is 0.0654 e. The molecule has 0 heteroatoms. The van der Waals surface area contributed by atoms with Gasteiger partial charge in [0.05, 0.1) is 0 Å². The van der Waals surface area contributed by atoms with Crippen molar-refractivity contribution in [2.75, 3.05) is 0 Å². The predicted octanol–water partition coefficient (Wildman–Crippen LogP) is 7.52. The first kappa shape index (κ1) is 16.6. The van der Waals surface area contributed by atoms with Gasteiger partial charge >= 0.3 is 0 Å². The van der Waals surface area contributed by atoms with Crippen LogP contribution in [-0.2, 0) is 6.42 Å². The number of fused-ring (bicyclic) bond motifs is 1. The normalized spacial score (nSPS) is 11.0. The van der Waals surface area contributed by atoms with Gasteiger partial charge < -0.3 is 0 Å². The standard InChI is InChI=1S/C26H24/c1-2-3-11-22-18-19-23-16-10-17-24(20-12-6-4-7-13-20)26(23)25(22)21-14-8-5-9-15-21/h4-10,12-19H,2-3,11H2,1H3. The summed E-state index contributed by atoms with van der Waals surface area (Å²) < 4.78 is 0. The van der Waals surface area contributed by atoms with Gasteiger partial charge in [-0.1, -0.05) is 104 Å². The molecule has 0 bridgehead atoms. The second kappa shape index (κ2) is 7.58. The van der Waals surface area contributed by atoms with E-state index in [2.05, 4.69) is 97.9 Å². The second-order valence-electron chi connectivity index (χ2n) is 6.84. The average Bonchev–Trinajstić information content (AvgIpc) is 2.72. The Morgan fingerprint density at radius 3 is 2.00 bits per heavy atom. The molecule has 0 radical (unpaired) electrons. The molecule has 0 aromatic heterocycles. The van der Waals surface area contributed by atoms with Gasteiger partial charge in [0.25, 0.3) is 0 Å². The van der Waals surface area contributed by atoms with Crippen LogP contribution in [0.4, 0.5) is 0 Å². The maximum atomic E-state index is 2.33. The maximum absolute atomic E-state index is 2.33. The summed E-state index contributed by atoms with van der Waals surface area (Å²) in [6, 6.07) is 32.9. The molecular formula is C26H24. The highest BCUT2D eigenvalue weighted by molar-refractivity contribution is 6.07. The summed E-state index contributed by atoms with van der Waals surface area (Å²) in [5, 5.41) is 2.68. The van der Waals surface area contributed by atoms with Gasteiger partial charge in [0.1, 0.15) is 0 Å². The molecule has 4 rings (SSSR count). The van der Waals surface area contributed by atoms with Crippen molar-refractivity contribution in [1.29, 1.82) is 0 Å². The first-order valence-electron chi connectivity index (χ1n) is 9.54. The topological polar surface area (TPSA) is 0 Å². The molecule has 0 heterocycles. The van der Waals surface area contributed by atoms with Gasteiger partial charge in [0, 0.05) is 0 Å². The molecular weight excluding hydrogens is 312 g/mol. The number of unbranched alkanes of at least 4 members (excludes halogenated alkanes) is 1. The molecule has 0 saturated heterocycles. The summed E-state index contributed by atoms with van der Waals surface area (Å²) in [6.07, 6.45) is 3.56. The third kappa shape index (κ3) is 3.15. The van der Waals surface area contributed by atoms with E-state index in [4.69, 9.17) is 0 Å². The van der Waals surface area contributed by atoms with Gasteiger partial charge in [-0.2, -0.15) is 0 Å². The molecule has 0 aliphatic carbocycles. The molecule has 26 heavy (non-hydrogen) atoms. The van der Waals surface area contributed by atoms with Crippen molar-refractivity contribution >= 4 is 10.8 Å². The molecule has 0 nitrogen and oxygen atoms in total. The van der Waals surface area contributed by atoms with Crippen LogP contribution in [0, 0.1) is 0 Å². The zero-order valence-electron chi connectivity index (χ0n) is 15.3. The molecule has 4 aromatic carbocycles. The van der Waals surface area contributed by atoms with E-state index in [1.165, 1.54) is 51.4 Å². The highest BCUT2D eigenvalue weighted by atomic mass is 14.2. The van der Waals surface area contributed by atoms with E-state index in [1.807, 2.05) is 0 Å². The molecule has 0 saturated carbocycles. The highest BCUT2D eigenvalue weighted by Gasteiger charge is 2.14. The Morgan fingerprint density at radius 2 is 1.31 bits per heavy atom. The van der Waals surface area contributed by atoms with E-state index in [-0.39, 0.29) is 0 Å². The molecule has 0 amide bonds. The number of rotatable bonds is 5. The van der Waals surface area contributed by atoms with Gasteiger partial charge in [-0.3, -0.25) is 0 Å². The molecule has 0 unspecified atom stereocenters. The lowest BCUT2D eigenvalue weighted by molar-refractivity contribution is 0.797. The van der Waals surface area contributed by atoms with Crippen molar-refractivity contribution in [3.05, 3.63) is 96.6 Å². The van der Waals surface area contributed by atoms with Crippen LogP contribution in [0.2, 0.25) is 0 Å². The van der Waals surface area contributed by atoms with Gasteiger partial charge in [-0.05, 0) is 51.4 Å². The zero-order valence-corrected chi connectivity index (χ0v) is 15.3. The van der Waals surface area contributed by atoms with E-state index >= 15 is 0 Å². The Hall–Kier alpha value is -2.86. The van der Waals surface area contributed by atoms with Gasteiger partial charge in [-0.15, -0.1) is 0 Å². The lowest BCUT2D eigenvalue weighted by Crippen LogP contribution is -1.94. The van der Waals surface area contributed by atoms with Crippen LogP contribution in [0.5, 0.6) is 0 Å². The smallest absolute Gasteiger partial charge is 0.00240 e. The molecule has 0 fully saturated rings. The minimum atomic E-state index is 1.12. The fourth-order valence-electron chi connectivity index (χ4n) is 3.79. The fourth-order valence-corrected chi connectivity index (χ4v) is 3.79. The van der Waals surface area contributed by atoms with Crippen molar-refractivity contribution in [1.82, 2.24) is 0 Å². The first-order chi connectivity index (χ1) is 12.9. The molecule has 0 aliphatic heterocycles. The number of aryl methyl sites for hydroxylation is 1. The summed E-state index contributed by atoms with van der Waals surface area (Å²) in [5.74, 6) is 0. The number of hydrogen-bond acceptors (Lipinski definition) is 0. The summed E-state index contributed by atoms with van der Waals surface area (Å²) >= 11 is 0. The molecule has 0 N–H and O–H groups in total. The Morgan fingerprint density at radius 1 is 0.615 bits per heavy atom. The van der Waals surface area contributed by atoms with Gasteiger partial charge in [0.2, 0.25) is 0 Å². The van der Waals surface area contributed by atoms with Crippen LogP contribution in [0.1, 0.15) is 25.3 Å². The van der Waals surface area contributed by atoms with Gasteiger partial charge in [-0.25, -0.2) is 0 Å². The van der Waals surface area contributed by atoms with Crippen molar-refractivity contribution < 1.29 is 0 Å².